The molecule has 0 bridgehead atoms. The Hall–Kier alpha value is -5.15. The fraction of sp³-hybridized carbons (Fsp3) is 0.0541. The molecule has 0 saturated heterocycles. The van der Waals surface area contributed by atoms with Gasteiger partial charge in [0.15, 0.2) is 0 Å². The molecule has 0 aliphatic heterocycles. The predicted molar refractivity (Wildman–Crippen MR) is 166 cm³/mol. The van der Waals surface area contributed by atoms with E-state index >= 15 is 0 Å². The summed E-state index contributed by atoms with van der Waals surface area (Å²) in [6.07, 6.45) is 1.86. The number of para-hydroxylation sites is 2. The molecule has 6 aromatic carbocycles. The Kier molecular flexibility index (Phi) is 4.95. The van der Waals surface area contributed by atoms with Gasteiger partial charge >= 0.3 is 0 Å². The Morgan fingerprint density at radius 1 is 0.600 bits per heavy atom. The first-order valence-electron chi connectivity index (χ1n) is 13.6. The Bertz CT molecular complexity index is 2230. The van der Waals surface area contributed by atoms with Crippen LogP contribution in [-0.4, -0.2) is 9.55 Å². The van der Waals surface area contributed by atoms with Crippen LogP contribution in [0.2, 0.25) is 0 Å². The predicted octanol–water partition coefficient (Wildman–Crippen LogP) is 10.0. The first-order chi connectivity index (χ1) is 19.7. The molecule has 0 amide bonds. The molecule has 40 heavy (non-hydrogen) atoms. The summed E-state index contributed by atoms with van der Waals surface area (Å²) in [5.74, 6) is 0.878. The fourth-order valence-electron chi connectivity index (χ4n) is 6.19. The molecule has 8 aromatic rings. The zero-order valence-corrected chi connectivity index (χ0v) is 22.3. The van der Waals surface area contributed by atoms with Crippen molar-refractivity contribution in [3.63, 3.8) is 0 Å². The van der Waals surface area contributed by atoms with Gasteiger partial charge in [0.1, 0.15) is 17.7 Å². The van der Waals surface area contributed by atoms with E-state index in [0.717, 1.165) is 39.1 Å². The smallest absolute Gasteiger partial charge is 0.149 e. The Morgan fingerprint density at radius 2 is 1.38 bits per heavy atom. The van der Waals surface area contributed by atoms with Crippen LogP contribution in [0.1, 0.15) is 11.1 Å². The minimum Gasteiger partial charge on any atom is -0.464 e. The van der Waals surface area contributed by atoms with Crippen LogP contribution in [0, 0.1) is 13.8 Å². The molecule has 2 heterocycles. The highest BCUT2D eigenvalue weighted by Crippen LogP contribution is 2.39. The molecule has 0 unspecified atom stereocenters. The first kappa shape index (κ1) is 22.8. The topological polar surface area (TPSA) is 31.0 Å². The van der Waals surface area contributed by atoms with Crippen LogP contribution in [0.15, 0.2) is 126 Å². The molecule has 0 spiro atoms. The lowest BCUT2D eigenvalue weighted by molar-refractivity contribution is 0.617. The van der Waals surface area contributed by atoms with Crippen LogP contribution in [0.5, 0.6) is 0 Å². The Labute approximate surface area is 231 Å². The number of fused-ring (bicyclic) bond motifs is 5. The van der Waals surface area contributed by atoms with Gasteiger partial charge in [0, 0.05) is 11.1 Å². The monoisotopic (exact) mass is 514 g/mol. The van der Waals surface area contributed by atoms with Gasteiger partial charge in [0.05, 0.1) is 16.6 Å². The summed E-state index contributed by atoms with van der Waals surface area (Å²) in [5.41, 5.74) is 9.91. The standard InChI is InChI=1S/C37H26N2O/c1-23-18-26-20-32-33(22-40-36(32)21-31(26)30-13-7-6-12-29(23)30)37-38-34-14-8-9-15-35(34)39(37)27-16-17-28(24(2)19-27)25-10-4-3-5-11-25/h3-22H,1-2H3. The van der Waals surface area contributed by atoms with Crippen LogP contribution in [0.3, 0.4) is 0 Å². The van der Waals surface area contributed by atoms with Crippen molar-refractivity contribution in [3.05, 3.63) is 133 Å². The fourth-order valence-corrected chi connectivity index (χ4v) is 6.19. The van der Waals surface area contributed by atoms with Gasteiger partial charge in [-0.25, -0.2) is 4.98 Å². The largest absolute Gasteiger partial charge is 0.464 e. The number of aromatic nitrogens is 2. The molecule has 0 atom stereocenters. The number of nitrogens with zero attached hydrogens (tertiary/aromatic N) is 2. The van der Waals surface area contributed by atoms with Gasteiger partial charge in [-0.05, 0) is 94.0 Å². The lowest BCUT2D eigenvalue weighted by Gasteiger charge is -2.13. The lowest BCUT2D eigenvalue weighted by atomic mass is 9.96. The van der Waals surface area contributed by atoms with Crippen molar-refractivity contribution in [2.45, 2.75) is 13.8 Å². The zero-order valence-electron chi connectivity index (χ0n) is 22.3. The van der Waals surface area contributed by atoms with Gasteiger partial charge in [-0.2, -0.15) is 0 Å². The van der Waals surface area contributed by atoms with Gasteiger partial charge < -0.3 is 4.42 Å². The second-order valence-corrected chi connectivity index (χ2v) is 10.6. The quantitative estimate of drug-likeness (QED) is 0.220. The van der Waals surface area contributed by atoms with Crippen molar-refractivity contribution in [2.75, 3.05) is 0 Å². The Balaban J connectivity index is 1.37. The van der Waals surface area contributed by atoms with Crippen LogP contribution < -0.4 is 0 Å². The van der Waals surface area contributed by atoms with Crippen molar-refractivity contribution in [1.29, 1.82) is 0 Å². The maximum Gasteiger partial charge on any atom is 0.149 e. The van der Waals surface area contributed by atoms with Crippen molar-refractivity contribution >= 4 is 43.5 Å². The number of aryl methyl sites for hydroxylation is 2. The molecular weight excluding hydrogens is 488 g/mol. The highest BCUT2D eigenvalue weighted by Gasteiger charge is 2.20. The van der Waals surface area contributed by atoms with Crippen LogP contribution in [0.4, 0.5) is 0 Å². The molecule has 3 nitrogen and oxygen atoms in total. The van der Waals surface area contributed by atoms with Crippen molar-refractivity contribution < 1.29 is 4.42 Å². The number of hydrogen-bond acceptors (Lipinski definition) is 2. The van der Waals surface area contributed by atoms with E-state index in [1.807, 2.05) is 12.3 Å². The van der Waals surface area contributed by atoms with Gasteiger partial charge in [0.2, 0.25) is 0 Å². The number of benzene rings is 6. The number of hydrogen-bond donors (Lipinski definition) is 0. The summed E-state index contributed by atoms with van der Waals surface area (Å²) < 4.78 is 8.49. The van der Waals surface area contributed by atoms with Gasteiger partial charge in [-0.1, -0.05) is 78.9 Å². The zero-order chi connectivity index (χ0) is 26.8. The SMILES string of the molecule is Cc1cc(-n2c(-c3coc4cc5c(cc(C)c6ccccc65)cc34)nc3ccccc32)ccc1-c1ccccc1. The molecule has 0 fully saturated rings. The van der Waals surface area contributed by atoms with Crippen molar-refractivity contribution in [3.8, 4) is 28.2 Å². The second-order valence-electron chi connectivity index (χ2n) is 10.6. The average Bonchev–Trinajstić information content (AvgIpc) is 3.58. The maximum absolute atomic E-state index is 6.22. The molecule has 0 aliphatic rings. The number of furan rings is 1. The molecule has 2 aromatic heterocycles. The molecule has 190 valence electrons. The summed E-state index contributed by atoms with van der Waals surface area (Å²) in [6.45, 7) is 4.36. The van der Waals surface area contributed by atoms with Crippen LogP contribution in [-0.2, 0) is 0 Å². The van der Waals surface area contributed by atoms with E-state index in [1.54, 1.807) is 0 Å². The van der Waals surface area contributed by atoms with E-state index in [-0.39, 0.29) is 0 Å². The van der Waals surface area contributed by atoms with Crippen LogP contribution in [0.25, 0.3) is 71.7 Å². The summed E-state index contributed by atoms with van der Waals surface area (Å²) in [7, 11) is 0. The minimum absolute atomic E-state index is 0.866. The van der Waals surface area contributed by atoms with E-state index < -0.39 is 0 Å². The van der Waals surface area contributed by atoms with Crippen LogP contribution >= 0.6 is 0 Å². The van der Waals surface area contributed by atoms with E-state index in [1.165, 1.54) is 43.8 Å². The van der Waals surface area contributed by atoms with E-state index in [4.69, 9.17) is 9.40 Å². The summed E-state index contributed by atoms with van der Waals surface area (Å²) in [5, 5.41) is 6.00. The minimum atomic E-state index is 0.866. The molecule has 0 saturated carbocycles. The molecule has 0 radical (unpaired) electrons. The highest BCUT2D eigenvalue weighted by atomic mass is 16.3. The number of rotatable bonds is 3. The second kappa shape index (κ2) is 8.69. The van der Waals surface area contributed by atoms with E-state index in [0.29, 0.717) is 0 Å². The van der Waals surface area contributed by atoms with E-state index in [9.17, 15) is 0 Å². The van der Waals surface area contributed by atoms with Crippen molar-refractivity contribution in [1.82, 2.24) is 9.55 Å². The highest BCUT2D eigenvalue weighted by molar-refractivity contribution is 6.14. The molecule has 0 N–H and O–H groups in total. The molecule has 8 rings (SSSR count). The number of imidazole rings is 1. The molecular formula is C37H26N2O. The third-order valence-electron chi connectivity index (χ3n) is 8.11. The normalized spacial score (nSPS) is 11.8. The summed E-state index contributed by atoms with van der Waals surface area (Å²) >= 11 is 0. The lowest BCUT2D eigenvalue weighted by Crippen LogP contribution is -1.98. The third kappa shape index (κ3) is 3.41. The maximum atomic E-state index is 6.22. The third-order valence-corrected chi connectivity index (χ3v) is 8.11. The Morgan fingerprint density at radius 3 is 2.23 bits per heavy atom. The first-order valence-corrected chi connectivity index (χ1v) is 13.6. The van der Waals surface area contributed by atoms with Gasteiger partial charge in [-0.3, -0.25) is 4.57 Å². The van der Waals surface area contributed by atoms with Crippen molar-refractivity contribution in [2.24, 2.45) is 0 Å². The average molecular weight is 515 g/mol. The molecule has 3 heteroatoms. The van der Waals surface area contributed by atoms with E-state index in [2.05, 4.69) is 128 Å². The van der Waals surface area contributed by atoms with Gasteiger partial charge in [0.25, 0.3) is 0 Å². The summed E-state index contributed by atoms with van der Waals surface area (Å²) in [6, 6.07) is 40.9. The molecule has 0 aliphatic carbocycles. The van der Waals surface area contributed by atoms with Gasteiger partial charge in [-0.15, -0.1) is 0 Å². The summed E-state index contributed by atoms with van der Waals surface area (Å²) in [4.78, 5) is 5.14.